The Morgan fingerprint density at radius 2 is 1.80 bits per heavy atom. The molecule has 1 rings (SSSR count). The van der Waals surface area contributed by atoms with E-state index in [9.17, 15) is 4.39 Å². The molecule has 1 atom stereocenters. The zero-order valence-electron chi connectivity index (χ0n) is 5.84. The van der Waals surface area contributed by atoms with E-state index in [0.29, 0.717) is 0 Å². The molecule has 52 valence electrons. The van der Waals surface area contributed by atoms with Crippen molar-refractivity contribution in [1.29, 1.82) is 0 Å². The Morgan fingerprint density at radius 1 is 1.30 bits per heavy atom. The molecule has 0 nitrogen and oxygen atoms in total. The minimum absolute atomic E-state index is 0.0133. The van der Waals surface area contributed by atoms with Gasteiger partial charge in [0.05, 0.1) is 0 Å². The molecule has 0 amide bonds. The molecule has 0 heterocycles. The third-order valence-corrected chi connectivity index (χ3v) is 1.40. The fourth-order valence-corrected chi connectivity index (χ4v) is 0.766. The van der Waals surface area contributed by atoms with Gasteiger partial charge in [0.2, 0.25) is 0 Å². The summed E-state index contributed by atoms with van der Waals surface area (Å²) in [5, 5.41) is 0. The quantitative estimate of drug-likeness (QED) is 0.556. The zero-order chi connectivity index (χ0) is 7.56. The van der Waals surface area contributed by atoms with E-state index < -0.39 is 0 Å². The second kappa shape index (κ2) is 2.82. The molecule has 2 radical (unpaired) electrons. The van der Waals surface area contributed by atoms with Gasteiger partial charge in [0.15, 0.2) is 0 Å². The SMILES string of the molecule is [CH]C(C)c1ccc(F)cc1. The van der Waals surface area contributed by atoms with Crippen molar-refractivity contribution >= 4 is 0 Å². The molecule has 1 aromatic carbocycles. The maximum atomic E-state index is 12.3. The highest BCUT2D eigenvalue weighted by Gasteiger charge is 1.97. The van der Waals surface area contributed by atoms with Crippen LogP contribution in [-0.2, 0) is 0 Å². The third-order valence-electron chi connectivity index (χ3n) is 1.40. The number of halogens is 1. The van der Waals surface area contributed by atoms with Crippen molar-refractivity contribution in [3.63, 3.8) is 0 Å². The molecule has 0 bridgehead atoms. The molecule has 0 aliphatic heterocycles. The maximum Gasteiger partial charge on any atom is 0.123 e. The van der Waals surface area contributed by atoms with Crippen LogP contribution in [-0.4, -0.2) is 0 Å². The molecule has 1 unspecified atom stereocenters. The summed E-state index contributed by atoms with van der Waals surface area (Å²) >= 11 is 0. The Bertz CT molecular complexity index is 198. The normalized spacial score (nSPS) is 10.4. The topological polar surface area (TPSA) is 0 Å². The summed E-state index contributed by atoms with van der Waals surface area (Å²) < 4.78 is 12.3. The van der Waals surface area contributed by atoms with Crippen LogP contribution in [0.5, 0.6) is 0 Å². The summed E-state index contributed by atoms with van der Waals surface area (Å²) in [6, 6.07) is 6.22. The van der Waals surface area contributed by atoms with Crippen molar-refractivity contribution in [1.82, 2.24) is 0 Å². The van der Waals surface area contributed by atoms with Gasteiger partial charge in [0.25, 0.3) is 0 Å². The number of hydrogen-bond acceptors (Lipinski definition) is 0. The van der Waals surface area contributed by atoms with Crippen LogP contribution in [0.25, 0.3) is 0 Å². The van der Waals surface area contributed by atoms with Gasteiger partial charge in [-0.25, -0.2) is 4.39 Å². The minimum Gasteiger partial charge on any atom is -0.207 e. The second-order valence-electron chi connectivity index (χ2n) is 2.34. The van der Waals surface area contributed by atoms with Crippen LogP contribution >= 0.6 is 0 Å². The first kappa shape index (κ1) is 7.26. The standard InChI is InChI=1S/C9H9F/c1-7(2)8-3-5-9(10)6-4-8/h1,3-7H,2H3. The van der Waals surface area contributed by atoms with Crippen molar-refractivity contribution in [2.75, 3.05) is 0 Å². The van der Waals surface area contributed by atoms with E-state index in [1.54, 1.807) is 12.1 Å². The molecular formula is C9H9F. The second-order valence-corrected chi connectivity index (χ2v) is 2.34. The minimum atomic E-state index is -0.218. The number of rotatable bonds is 1. The first-order chi connectivity index (χ1) is 4.70. The van der Waals surface area contributed by atoms with Gasteiger partial charge < -0.3 is 0 Å². The molecule has 1 heteroatoms. The van der Waals surface area contributed by atoms with Crippen molar-refractivity contribution in [2.24, 2.45) is 0 Å². The Balaban J connectivity index is 2.89. The Morgan fingerprint density at radius 3 is 2.20 bits per heavy atom. The van der Waals surface area contributed by atoms with Gasteiger partial charge in [0.1, 0.15) is 5.82 Å². The lowest BCUT2D eigenvalue weighted by Crippen LogP contribution is -1.86. The van der Waals surface area contributed by atoms with E-state index in [0.717, 1.165) is 5.56 Å². The van der Waals surface area contributed by atoms with Gasteiger partial charge in [-0.15, -0.1) is 0 Å². The van der Waals surface area contributed by atoms with Crippen molar-refractivity contribution in [3.8, 4) is 0 Å². The van der Waals surface area contributed by atoms with Gasteiger partial charge in [0, 0.05) is 0 Å². The lowest BCUT2D eigenvalue weighted by atomic mass is 10.0. The van der Waals surface area contributed by atoms with Crippen molar-refractivity contribution in [3.05, 3.63) is 42.6 Å². The van der Waals surface area contributed by atoms with E-state index in [2.05, 4.69) is 0 Å². The Hall–Kier alpha value is -0.850. The molecule has 0 aliphatic rings. The highest BCUT2D eigenvalue weighted by atomic mass is 19.1. The van der Waals surface area contributed by atoms with Crippen LogP contribution in [0.4, 0.5) is 4.39 Å². The number of benzene rings is 1. The smallest absolute Gasteiger partial charge is 0.123 e. The molecule has 0 saturated carbocycles. The van der Waals surface area contributed by atoms with E-state index >= 15 is 0 Å². The zero-order valence-corrected chi connectivity index (χ0v) is 5.84. The van der Waals surface area contributed by atoms with Crippen molar-refractivity contribution in [2.45, 2.75) is 12.8 Å². The van der Waals surface area contributed by atoms with E-state index in [1.165, 1.54) is 12.1 Å². The van der Waals surface area contributed by atoms with Gasteiger partial charge in [-0.3, -0.25) is 0 Å². The predicted octanol–water partition coefficient (Wildman–Crippen LogP) is 2.64. The van der Waals surface area contributed by atoms with Gasteiger partial charge in [-0.2, -0.15) is 0 Å². The Kier molecular flexibility index (Phi) is 2.05. The highest BCUT2D eigenvalue weighted by molar-refractivity contribution is 5.20. The van der Waals surface area contributed by atoms with Gasteiger partial charge in [-0.05, 0) is 30.5 Å². The van der Waals surface area contributed by atoms with Crippen LogP contribution in [0.1, 0.15) is 18.4 Å². The molecular weight excluding hydrogens is 127 g/mol. The maximum absolute atomic E-state index is 12.3. The average molecular weight is 136 g/mol. The largest absolute Gasteiger partial charge is 0.207 e. The van der Waals surface area contributed by atoms with Crippen LogP contribution in [0.2, 0.25) is 0 Å². The molecule has 0 aliphatic carbocycles. The first-order valence-electron chi connectivity index (χ1n) is 3.21. The molecule has 10 heavy (non-hydrogen) atoms. The third kappa shape index (κ3) is 1.56. The molecule has 0 N–H and O–H groups in total. The van der Waals surface area contributed by atoms with Gasteiger partial charge >= 0.3 is 0 Å². The lowest BCUT2D eigenvalue weighted by molar-refractivity contribution is 0.626. The van der Waals surface area contributed by atoms with Crippen LogP contribution < -0.4 is 0 Å². The van der Waals surface area contributed by atoms with E-state index in [1.807, 2.05) is 6.92 Å². The molecule has 0 saturated heterocycles. The summed E-state index contributed by atoms with van der Waals surface area (Å²) in [5.41, 5.74) is 0.960. The summed E-state index contributed by atoms with van der Waals surface area (Å²) in [5.74, 6) is -0.231. The van der Waals surface area contributed by atoms with Crippen LogP contribution in [0.3, 0.4) is 0 Å². The summed E-state index contributed by atoms with van der Waals surface area (Å²) in [7, 11) is 0. The first-order valence-corrected chi connectivity index (χ1v) is 3.21. The average Bonchev–Trinajstić information content (AvgIpc) is 1.88. The van der Waals surface area contributed by atoms with E-state index in [4.69, 9.17) is 6.92 Å². The van der Waals surface area contributed by atoms with Crippen molar-refractivity contribution < 1.29 is 4.39 Å². The van der Waals surface area contributed by atoms with Crippen LogP contribution in [0.15, 0.2) is 24.3 Å². The number of hydrogen-bond donors (Lipinski definition) is 0. The molecule has 0 fully saturated rings. The van der Waals surface area contributed by atoms with Crippen LogP contribution in [0, 0.1) is 12.7 Å². The predicted molar refractivity (Wildman–Crippen MR) is 39.1 cm³/mol. The summed E-state index contributed by atoms with van der Waals surface area (Å²) in [4.78, 5) is 0. The highest BCUT2D eigenvalue weighted by Crippen LogP contribution is 2.13. The molecule has 1 aromatic rings. The fourth-order valence-electron chi connectivity index (χ4n) is 0.766. The lowest BCUT2D eigenvalue weighted by Gasteiger charge is -2.02. The molecule has 0 aromatic heterocycles. The van der Waals surface area contributed by atoms with Gasteiger partial charge in [-0.1, -0.05) is 19.1 Å². The monoisotopic (exact) mass is 136 g/mol. The molecule has 0 spiro atoms. The fraction of sp³-hybridized carbons (Fsp3) is 0.222. The Labute approximate surface area is 60.7 Å². The van der Waals surface area contributed by atoms with E-state index in [-0.39, 0.29) is 11.7 Å². The summed E-state index contributed by atoms with van der Waals surface area (Å²) in [6.45, 7) is 7.41. The summed E-state index contributed by atoms with van der Waals surface area (Å²) in [6.07, 6.45) is 0.